The third-order valence-electron chi connectivity index (χ3n) is 3.14. The lowest BCUT2D eigenvalue weighted by molar-refractivity contribution is -0.201. The molecule has 3 rings (SSSR count). The molecule has 5 atom stereocenters. The number of hydrogen-bond donors (Lipinski definition) is 1. The highest BCUT2D eigenvalue weighted by molar-refractivity contribution is 5.85. The summed E-state index contributed by atoms with van der Waals surface area (Å²) in [5.74, 6) is -1.40. The number of rotatable bonds is 0. The molecule has 2 fully saturated rings. The molecule has 5 heteroatoms. The van der Waals surface area contributed by atoms with Crippen molar-refractivity contribution in [2.75, 3.05) is 0 Å². The van der Waals surface area contributed by atoms with Gasteiger partial charge in [0.1, 0.15) is 12.2 Å². The van der Waals surface area contributed by atoms with Gasteiger partial charge in [-0.15, -0.1) is 0 Å². The minimum absolute atomic E-state index is 0.189. The van der Waals surface area contributed by atoms with Crippen LogP contribution < -0.4 is 0 Å². The van der Waals surface area contributed by atoms with Crippen molar-refractivity contribution in [1.82, 2.24) is 0 Å². The summed E-state index contributed by atoms with van der Waals surface area (Å²) in [6, 6.07) is 0. The highest BCUT2D eigenvalue weighted by Crippen LogP contribution is 2.43. The zero-order valence-corrected chi connectivity index (χ0v) is 8.25. The minimum atomic E-state index is -0.993. The number of carbonyl (C=O) groups is 1. The Balaban J connectivity index is 1.81. The van der Waals surface area contributed by atoms with E-state index in [0.29, 0.717) is 6.42 Å². The lowest BCUT2D eigenvalue weighted by atomic mass is 10.1. The van der Waals surface area contributed by atoms with Crippen LogP contribution >= 0.6 is 0 Å². The van der Waals surface area contributed by atoms with E-state index in [1.165, 1.54) is 6.08 Å². The van der Waals surface area contributed by atoms with Gasteiger partial charge in [-0.1, -0.05) is 0 Å². The second-order valence-electron chi connectivity index (χ2n) is 4.22. The summed E-state index contributed by atoms with van der Waals surface area (Å²) in [5, 5.41) is 9.76. The average Bonchev–Trinajstić information content (AvgIpc) is 2.76. The van der Waals surface area contributed by atoms with E-state index in [1.54, 1.807) is 13.0 Å². The van der Waals surface area contributed by atoms with Gasteiger partial charge in [-0.3, -0.25) is 0 Å². The molecule has 2 saturated heterocycles. The molecule has 0 amide bonds. The van der Waals surface area contributed by atoms with E-state index in [-0.39, 0.29) is 12.2 Å². The van der Waals surface area contributed by atoms with Crippen molar-refractivity contribution in [2.45, 2.75) is 43.5 Å². The van der Waals surface area contributed by atoms with Crippen LogP contribution in [-0.4, -0.2) is 41.3 Å². The molecular weight excluding hydrogens is 200 g/mol. The largest absolute Gasteiger partial charge is 0.426 e. The Morgan fingerprint density at radius 2 is 2.40 bits per heavy atom. The number of carbonyl (C=O) groups excluding carboxylic acids is 1. The summed E-state index contributed by atoms with van der Waals surface area (Å²) in [4.78, 5) is 11.0. The zero-order chi connectivity index (χ0) is 10.6. The van der Waals surface area contributed by atoms with Gasteiger partial charge in [0.2, 0.25) is 5.79 Å². The van der Waals surface area contributed by atoms with Gasteiger partial charge in [-0.25, -0.2) is 4.79 Å². The Bertz CT molecular complexity index is 339. The van der Waals surface area contributed by atoms with Crippen LogP contribution in [0.2, 0.25) is 0 Å². The zero-order valence-electron chi connectivity index (χ0n) is 8.25. The number of aliphatic hydroxyl groups excluding tert-OH is 1. The van der Waals surface area contributed by atoms with E-state index in [0.717, 1.165) is 0 Å². The first kappa shape index (κ1) is 9.33. The maximum absolute atomic E-state index is 11.0. The second-order valence-corrected chi connectivity index (χ2v) is 4.22. The summed E-state index contributed by atoms with van der Waals surface area (Å²) in [5.41, 5.74) is 0. The minimum Gasteiger partial charge on any atom is -0.426 e. The van der Waals surface area contributed by atoms with Gasteiger partial charge in [-0.05, 0) is 13.0 Å². The molecule has 15 heavy (non-hydrogen) atoms. The van der Waals surface area contributed by atoms with Crippen LogP contribution in [0.3, 0.4) is 0 Å². The van der Waals surface area contributed by atoms with E-state index in [2.05, 4.69) is 0 Å². The van der Waals surface area contributed by atoms with Crippen molar-refractivity contribution >= 4 is 5.97 Å². The molecule has 3 aliphatic heterocycles. The van der Waals surface area contributed by atoms with Crippen LogP contribution in [0.25, 0.3) is 0 Å². The summed E-state index contributed by atoms with van der Waals surface area (Å²) in [7, 11) is 0. The molecule has 3 heterocycles. The monoisotopic (exact) mass is 212 g/mol. The van der Waals surface area contributed by atoms with E-state index < -0.39 is 24.0 Å². The second kappa shape index (κ2) is 2.81. The molecule has 82 valence electrons. The Morgan fingerprint density at radius 3 is 3.00 bits per heavy atom. The molecule has 1 spiro atoms. The van der Waals surface area contributed by atoms with Crippen LogP contribution in [0.4, 0.5) is 0 Å². The van der Waals surface area contributed by atoms with Gasteiger partial charge in [0.25, 0.3) is 0 Å². The highest BCUT2D eigenvalue weighted by atomic mass is 16.7. The highest BCUT2D eigenvalue weighted by Gasteiger charge is 2.57. The molecule has 3 aliphatic rings. The molecule has 0 radical (unpaired) electrons. The van der Waals surface area contributed by atoms with Crippen LogP contribution in [-0.2, 0) is 19.0 Å². The standard InChI is InChI=1S/C10H12O5/c1-5-8(12)9-6(13-5)4-10(15-9)3-2-7(11)14-10/h2-3,5-6,8-9,12H,4H2,1H3/t5-,6-,8+,9+,10+/m1/s1. The van der Waals surface area contributed by atoms with Gasteiger partial charge < -0.3 is 19.3 Å². The lowest BCUT2D eigenvalue weighted by Gasteiger charge is -2.23. The van der Waals surface area contributed by atoms with Crippen molar-refractivity contribution in [1.29, 1.82) is 0 Å². The first-order valence-corrected chi connectivity index (χ1v) is 5.03. The van der Waals surface area contributed by atoms with Gasteiger partial charge in [0.15, 0.2) is 0 Å². The molecule has 0 aliphatic carbocycles. The van der Waals surface area contributed by atoms with Crippen LogP contribution in [0.1, 0.15) is 13.3 Å². The SMILES string of the molecule is C[C@H]1O[C@@H]2C[C@]3(C=CC(=O)O3)O[C@@H]2[C@H]1O. The van der Waals surface area contributed by atoms with Crippen LogP contribution in [0, 0.1) is 0 Å². The normalized spacial score (nSPS) is 52.5. The molecular formula is C10H12O5. The first-order chi connectivity index (χ1) is 7.10. The van der Waals surface area contributed by atoms with E-state index in [4.69, 9.17) is 14.2 Å². The van der Waals surface area contributed by atoms with Gasteiger partial charge in [0.05, 0.1) is 12.2 Å². The Labute approximate surface area is 86.6 Å². The molecule has 0 saturated carbocycles. The van der Waals surface area contributed by atoms with Crippen molar-refractivity contribution < 1.29 is 24.1 Å². The summed E-state index contributed by atoms with van der Waals surface area (Å²) in [6.45, 7) is 1.80. The average molecular weight is 212 g/mol. The summed E-state index contributed by atoms with van der Waals surface area (Å²) >= 11 is 0. The predicted molar refractivity (Wildman–Crippen MR) is 47.8 cm³/mol. The fourth-order valence-electron chi connectivity index (χ4n) is 2.40. The molecule has 0 aromatic heterocycles. The fourth-order valence-corrected chi connectivity index (χ4v) is 2.40. The van der Waals surface area contributed by atoms with Crippen molar-refractivity contribution in [3.8, 4) is 0 Å². The smallest absolute Gasteiger partial charge is 0.333 e. The Kier molecular flexibility index (Phi) is 1.75. The lowest BCUT2D eigenvalue weighted by Crippen LogP contribution is -2.35. The van der Waals surface area contributed by atoms with Crippen LogP contribution in [0.5, 0.6) is 0 Å². The van der Waals surface area contributed by atoms with Gasteiger partial charge in [0, 0.05) is 12.5 Å². The quantitative estimate of drug-likeness (QED) is 0.560. The number of fused-ring (bicyclic) bond motifs is 1. The van der Waals surface area contributed by atoms with Crippen molar-refractivity contribution in [2.24, 2.45) is 0 Å². The maximum atomic E-state index is 11.0. The Morgan fingerprint density at radius 1 is 1.60 bits per heavy atom. The molecule has 0 aromatic carbocycles. The van der Waals surface area contributed by atoms with E-state index in [1.807, 2.05) is 0 Å². The predicted octanol–water partition coefficient (Wildman–Crippen LogP) is -0.267. The maximum Gasteiger partial charge on any atom is 0.333 e. The van der Waals surface area contributed by atoms with Crippen molar-refractivity contribution in [3.05, 3.63) is 12.2 Å². The molecule has 1 N–H and O–H groups in total. The van der Waals surface area contributed by atoms with Crippen LogP contribution in [0.15, 0.2) is 12.2 Å². The molecule has 0 unspecified atom stereocenters. The number of esters is 1. The number of aliphatic hydroxyl groups is 1. The topological polar surface area (TPSA) is 65.0 Å². The van der Waals surface area contributed by atoms with E-state index in [9.17, 15) is 9.90 Å². The molecule has 0 bridgehead atoms. The number of ether oxygens (including phenoxy) is 3. The Hall–Kier alpha value is -0.910. The molecule has 5 nitrogen and oxygen atoms in total. The summed E-state index contributed by atoms with van der Waals surface area (Å²) in [6.07, 6.45) is 1.94. The van der Waals surface area contributed by atoms with Crippen molar-refractivity contribution in [3.63, 3.8) is 0 Å². The fraction of sp³-hybridized carbons (Fsp3) is 0.700. The van der Waals surface area contributed by atoms with Gasteiger partial charge in [-0.2, -0.15) is 0 Å². The summed E-state index contributed by atoms with van der Waals surface area (Å²) < 4.78 is 16.2. The van der Waals surface area contributed by atoms with Gasteiger partial charge >= 0.3 is 5.97 Å². The third kappa shape index (κ3) is 1.24. The number of hydrogen-bond acceptors (Lipinski definition) is 5. The van der Waals surface area contributed by atoms with E-state index >= 15 is 0 Å². The third-order valence-corrected chi connectivity index (χ3v) is 3.14. The first-order valence-electron chi connectivity index (χ1n) is 5.03. The molecule has 0 aromatic rings.